The second-order valence-corrected chi connectivity index (χ2v) is 15.4. The van der Waals surface area contributed by atoms with Crippen LogP contribution in [-0.4, -0.2) is 53.0 Å². The van der Waals surface area contributed by atoms with Gasteiger partial charge in [0, 0.05) is 29.4 Å². The van der Waals surface area contributed by atoms with Gasteiger partial charge in [-0.25, -0.2) is 4.79 Å². The fourth-order valence-electron chi connectivity index (χ4n) is 10.2. The fraction of sp³-hybridized carbons (Fsp3) is 0.538. The molecule has 1 aromatic carbocycles. The number of hydrogen-bond acceptors (Lipinski definition) is 10. The number of hydrogen-bond donors (Lipinski definition) is 2. The van der Waals surface area contributed by atoms with Gasteiger partial charge >= 0.3 is 11.9 Å². The Balaban J connectivity index is 0.000000251. The number of aliphatic hydroxyl groups excluding tert-OH is 1. The zero-order chi connectivity index (χ0) is 35.7. The molecule has 0 bridgehead atoms. The van der Waals surface area contributed by atoms with Crippen molar-refractivity contribution >= 4 is 29.2 Å². The molecule has 3 fully saturated rings. The fourth-order valence-corrected chi connectivity index (χ4v) is 10.2. The van der Waals surface area contributed by atoms with Gasteiger partial charge in [0.2, 0.25) is 5.78 Å². The van der Waals surface area contributed by atoms with E-state index in [2.05, 4.69) is 13.8 Å². The minimum absolute atomic E-state index is 0.0453. The van der Waals surface area contributed by atoms with Crippen LogP contribution in [0.5, 0.6) is 0 Å². The van der Waals surface area contributed by atoms with E-state index in [1.54, 1.807) is 62.8 Å². The maximum absolute atomic E-state index is 14.3. The number of esters is 2. The lowest BCUT2D eigenvalue weighted by atomic mass is 9.38. The third-order valence-electron chi connectivity index (χ3n) is 12.3. The molecule has 2 heterocycles. The van der Waals surface area contributed by atoms with Crippen molar-refractivity contribution in [2.45, 2.75) is 97.9 Å². The van der Waals surface area contributed by atoms with E-state index >= 15 is 0 Å². The number of unbranched alkanes of at least 4 members (excludes halogenated alkanes) is 1. The van der Waals surface area contributed by atoms with Crippen LogP contribution in [0.25, 0.3) is 0 Å². The molecule has 262 valence electrons. The van der Waals surface area contributed by atoms with Gasteiger partial charge in [0.15, 0.2) is 11.5 Å². The summed E-state index contributed by atoms with van der Waals surface area (Å²) in [6, 6.07) is 8.67. The molecular weight excluding hydrogens is 626 g/mol. The predicted molar refractivity (Wildman–Crippen MR) is 180 cm³/mol. The molecule has 2 aromatic rings. The van der Waals surface area contributed by atoms with Crippen molar-refractivity contribution < 1.29 is 42.9 Å². The average Bonchev–Trinajstić information content (AvgIpc) is 3.40. The van der Waals surface area contributed by atoms with Gasteiger partial charge in [-0.2, -0.15) is 0 Å². The summed E-state index contributed by atoms with van der Waals surface area (Å²) < 4.78 is 23.0. The molecule has 1 aromatic heterocycles. The monoisotopic (exact) mass is 673 g/mol. The molecule has 4 aliphatic carbocycles. The van der Waals surface area contributed by atoms with E-state index in [1.807, 2.05) is 19.9 Å². The lowest BCUT2D eigenvalue weighted by Gasteiger charge is -2.64. The standard InChI is InChI=1S/C28H32O7.C11H15NO2/c1-14(29)34-17-12-26(5)16(15-8-10-33-13-15)11-19-28(26,35-19)27(6)21(17)25(4)9-7-18(30)24(2,3)22(25)20(31)23(27)32;1-2-3-8-14-11(13)9-4-6-10(12)7-5-9/h7-10,13,16-17,19,21,31H,11-12H2,1-6H3;4-7H,2-3,8,12H2,1H3. The van der Waals surface area contributed by atoms with Crippen LogP contribution in [-0.2, 0) is 28.6 Å². The molecular formula is C39H47NO9. The Bertz CT molecular complexity index is 1740. The number of carbonyl (C=O) groups excluding carboxylic acids is 4. The summed E-state index contributed by atoms with van der Waals surface area (Å²) in [6.07, 6.45) is 9.10. The zero-order valence-electron chi connectivity index (χ0n) is 29.3. The predicted octanol–water partition coefficient (Wildman–Crippen LogP) is 6.66. The number of carbonyl (C=O) groups is 4. The molecule has 2 saturated carbocycles. The SMILES string of the molecule is CC(=O)OC1CC2(C)C(c3ccoc3)CC3OC32C2(C)C(=O)C(O)=C3C(C)(C)C(=O)C=CC3(C)C12.CCCCOC(=O)c1ccc(N)cc1. The molecule has 0 radical (unpaired) electrons. The topological polar surface area (TPSA) is 159 Å². The van der Waals surface area contributed by atoms with E-state index < -0.39 is 51.0 Å². The molecule has 8 atom stereocenters. The Morgan fingerprint density at radius 1 is 1.06 bits per heavy atom. The number of fused-ring (bicyclic) bond motifs is 3. The highest BCUT2D eigenvalue weighted by molar-refractivity contribution is 6.06. The first-order valence-electron chi connectivity index (χ1n) is 17.1. The number of ether oxygens (including phenoxy) is 3. The van der Waals surface area contributed by atoms with Crippen LogP contribution in [0.3, 0.4) is 0 Å². The second-order valence-electron chi connectivity index (χ2n) is 15.4. The van der Waals surface area contributed by atoms with Crippen LogP contribution in [0.15, 0.2) is 70.8 Å². The molecule has 10 heteroatoms. The van der Waals surface area contributed by atoms with Crippen molar-refractivity contribution in [3.05, 3.63) is 77.5 Å². The third kappa shape index (κ3) is 4.84. The van der Waals surface area contributed by atoms with Crippen molar-refractivity contribution in [2.75, 3.05) is 12.3 Å². The number of nitrogens with two attached hydrogens (primary N) is 1. The molecule has 10 nitrogen and oxygen atoms in total. The smallest absolute Gasteiger partial charge is 0.338 e. The summed E-state index contributed by atoms with van der Waals surface area (Å²) in [5, 5.41) is 11.5. The Labute approximate surface area is 287 Å². The van der Waals surface area contributed by atoms with Gasteiger partial charge in [-0.05, 0) is 93.5 Å². The maximum Gasteiger partial charge on any atom is 0.338 e. The molecule has 0 amide bonds. The highest BCUT2D eigenvalue weighted by Gasteiger charge is 2.89. The van der Waals surface area contributed by atoms with Gasteiger partial charge in [0.25, 0.3) is 0 Å². The normalized spacial score (nSPS) is 36.4. The van der Waals surface area contributed by atoms with Crippen molar-refractivity contribution in [3.8, 4) is 0 Å². The highest BCUT2D eigenvalue weighted by atomic mass is 16.6. The van der Waals surface area contributed by atoms with E-state index in [1.165, 1.54) is 6.92 Å². The Hall–Kier alpha value is -4.18. The van der Waals surface area contributed by atoms with E-state index in [4.69, 9.17) is 24.4 Å². The Morgan fingerprint density at radius 2 is 1.76 bits per heavy atom. The molecule has 5 aliphatic rings. The lowest BCUT2D eigenvalue weighted by Crippen LogP contribution is -2.70. The number of rotatable bonds is 6. The summed E-state index contributed by atoms with van der Waals surface area (Å²) in [5.74, 6) is -2.11. The van der Waals surface area contributed by atoms with Crippen LogP contribution in [0, 0.1) is 27.6 Å². The molecule has 1 aliphatic heterocycles. The Morgan fingerprint density at radius 3 is 2.37 bits per heavy atom. The van der Waals surface area contributed by atoms with Crippen molar-refractivity contribution in [1.82, 2.24) is 0 Å². The van der Waals surface area contributed by atoms with Gasteiger partial charge in [-0.3, -0.25) is 14.4 Å². The summed E-state index contributed by atoms with van der Waals surface area (Å²) >= 11 is 0. The maximum atomic E-state index is 14.3. The number of epoxide rings is 1. The third-order valence-corrected chi connectivity index (χ3v) is 12.3. The van der Waals surface area contributed by atoms with Gasteiger partial charge in [-0.15, -0.1) is 0 Å². The molecule has 1 spiro atoms. The van der Waals surface area contributed by atoms with Crippen LogP contribution >= 0.6 is 0 Å². The Kier molecular flexibility index (Phi) is 8.29. The number of aliphatic hydroxyl groups is 1. The second kappa shape index (κ2) is 11.7. The first-order valence-corrected chi connectivity index (χ1v) is 17.1. The van der Waals surface area contributed by atoms with Crippen LogP contribution in [0.1, 0.15) is 96.0 Å². The highest BCUT2D eigenvalue weighted by Crippen LogP contribution is 2.81. The van der Waals surface area contributed by atoms with E-state index in [9.17, 15) is 24.3 Å². The summed E-state index contributed by atoms with van der Waals surface area (Å²) in [4.78, 5) is 51.0. The number of ketones is 2. The number of anilines is 1. The number of Topliss-reactive ketones (excluding diaryl/α,β-unsaturated/α-hetero) is 1. The van der Waals surface area contributed by atoms with Gasteiger partial charge in [-0.1, -0.05) is 33.3 Å². The first-order chi connectivity index (χ1) is 23.0. The number of nitrogen functional groups attached to an aromatic ring is 1. The zero-order valence-corrected chi connectivity index (χ0v) is 29.3. The quantitative estimate of drug-likeness (QED) is 0.147. The first kappa shape index (κ1) is 34.7. The van der Waals surface area contributed by atoms with Crippen LogP contribution in [0.4, 0.5) is 5.69 Å². The number of benzene rings is 1. The minimum Gasteiger partial charge on any atom is -0.504 e. The van der Waals surface area contributed by atoms with Crippen molar-refractivity contribution in [2.24, 2.45) is 27.6 Å². The van der Waals surface area contributed by atoms with Gasteiger partial charge in [0.1, 0.15) is 11.7 Å². The molecule has 1 saturated heterocycles. The summed E-state index contributed by atoms with van der Waals surface area (Å²) in [7, 11) is 0. The molecule has 7 rings (SSSR count). The number of allylic oxidation sites excluding steroid dienone is 4. The molecule has 8 unspecified atom stereocenters. The largest absolute Gasteiger partial charge is 0.504 e. The number of furan rings is 1. The lowest BCUT2D eigenvalue weighted by molar-refractivity contribution is -0.200. The van der Waals surface area contributed by atoms with E-state index in [0.717, 1.165) is 18.4 Å². The van der Waals surface area contributed by atoms with Crippen LogP contribution < -0.4 is 5.73 Å². The van der Waals surface area contributed by atoms with E-state index in [-0.39, 0.29) is 29.5 Å². The van der Waals surface area contributed by atoms with Gasteiger partial charge in [0.05, 0.1) is 41.6 Å². The summed E-state index contributed by atoms with van der Waals surface area (Å²) in [6.45, 7) is 13.4. The van der Waals surface area contributed by atoms with Gasteiger partial charge < -0.3 is 29.5 Å². The minimum atomic E-state index is -1.17. The van der Waals surface area contributed by atoms with E-state index in [0.29, 0.717) is 36.3 Å². The average molecular weight is 674 g/mol. The molecule has 49 heavy (non-hydrogen) atoms. The van der Waals surface area contributed by atoms with Crippen LogP contribution in [0.2, 0.25) is 0 Å². The van der Waals surface area contributed by atoms with Crippen molar-refractivity contribution in [3.63, 3.8) is 0 Å². The van der Waals surface area contributed by atoms with Crippen molar-refractivity contribution in [1.29, 1.82) is 0 Å². The molecule has 3 N–H and O–H groups in total. The summed E-state index contributed by atoms with van der Waals surface area (Å²) in [5.41, 5.74) is 3.64.